The number of hydrogen-bond donors (Lipinski definition) is 2. The van der Waals surface area contributed by atoms with Crippen LogP contribution in [0.25, 0.3) is 17.0 Å². The second-order valence-corrected chi connectivity index (χ2v) is 9.66. The maximum atomic E-state index is 13.0. The number of ether oxygens (including phenoxy) is 2. The quantitative estimate of drug-likeness (QED) is 0.381. The van der Waals surface area contributed by atoms with Crippen LogP contribution in [0.1, 0.15) is 34.5 Å². The normalized spacial score (nSPS) is 17.6. The highest BCUT2D eigenvalue weighted by Crippen LogP contribution is 2.41. The minimum absolute atomic E-state index is 0.0712. The molecule has 0 unspecified atom stereocenters. The van der Waals surface area contributed by atoms with Gasteiger partial charge in [-0.2, -0.15) is 0 Å². The van der Waals surface area contributed by atoms with Gasteiger partial charge in [0.25, 0.3) is 0 Å². The van der Waals surface area contributed by atoms with Crippen molar-refractivity contribution in [2.24, 2.45) is 0 Å². The van der Waals surface area contributed by atoms with Crippen LogP contribution in [-0.2, 0) is 6.54 Å². The van der Waals surface area contributed by atoms with E-state index in [1.807, 2.05) is 12.1 Å². The topological polar surface area (TPSA) is 87.4 Å². The molecule has 0 aliphatic carbocycles. The third-order valence-electron chi connectivity index (χ3n) is 7.29. The van der Waals surface area contributed by atoms with Gasteiger partial charge in [0.2, 0.25) is 5.78 Å². The van der Waals surface area contributed by atoms with Crippen molar-refractivity contribution in [2.45, 2.75) is 26.3 Å². The number of likely N-dealkylation sites (N-methyl/N-ethyl adjacent to an activating group) is 1. The Hall–Kier alpha value is -3.49. The van der Waals surface area contributed by atoms with E-state index < -0.39 is 5.78 Å². The SMILES string of the molecule is COc1ccc2c(c1)c(/C=C1\Oc3cc(O)cc(O)c3C1=O)c(C)n2CCCCN1CCN(C)CC1. The van der Waals surface area contributed by atoms with Crippen LogP contribution in [0, 0.1) is 6.92 Å². The van der Waals surface area contributed by atoms with Crippen LogP contribution < -0.4 is 9.47 Å². The fourth-order valence-corrected chi connectivity index (χ4v) is 5.17. The van der Waals surface area contributed by atoms with Crippen molar-refractivity contribution in [1.82, 2.24) is 14.4 Å². The standard InChI is InChI=1S/C28H33N3O5/c1-18-21(17-26-28(34)27-24(33)14-19(32)15-25(27)36-26)22-16-20(35-3)6-7-23(22)31(18)9-5-4-8-30-12-10-29(2)11-13-30/h6-7,14-17,32-33H,4-5,8-13H2,1-3H3/b26-17-. The maximum absolute atomic E-state index is 13.0. The number of unbranched alkanes of at least 4 members (excludes halogenated alkanes) is 1. The highest BCUT2D eigenvalue weighted by molar-refractivity contribution is 6.17. The number of methoxy groups -OCH3 is 1. The molecule has 3 aromatic rings. The Balaban J connectivity index is 1.41. The van der Waals surface area contributed by atoms with Gasteiger partial charge in [-0.25, -0.2) is 0 Å². The third kappa shape index (κ3) is 4.54. The predicted molar refractivity (Wildman–Crippen MR) is 139 cm³/mol. The summed E-state index contributed by atoms with van der Waals surface area (Å²) in [5, 5.41) is 20.9. The number of carbonyl (C=O) groups excluding carboxylic acids is 1. The number of hydrogen-bond acceptors (Lipinski definition) is 7. The molecule has 0 amide bonds. The van der Waals surface area contributed by atoms with Gasteiger partial charge in [0.05, 0.1) is 7.11 Å². The van der Waals surface area contributed by atoms with Gasteiger partial charge in [-0.15, -0.1) is 0 Å². The van der Waals surface area contributed by atoms with Gasteiger partial charge in [0, 0.05) is 67.0 Å². The molecule has 1 saturated heterocycles. The molecule has 0 radical (unpaired) electrons. The van der Waals surface area contributed by atoms with Crippen molar-refractivity contribution in [3.05, 3.63) is 52.9 Å². The van der Waals surface area contributed by atoms with Gasteiger partial charge in [0.1, 0.15) is 28.6 Å². The third-order valence-corrected chi connectivity index (χ3v) is 7.29. The molecule has 0 bridgehead atoms. The zero-order chi connectivity index (χ0) is 25.4. The molecule has 2 aromatic carbocycles. The van der Waals surface area contributed by atoms with E-state index in [-0.39, 0.29) is 28.6 Å². The van der Waals surface area contributed by atoms with Gasteiger partial charge in [-0.05, 0) is 57.6 Å². The van der Waals surface area contributed by atoms with Gasteiger partial charge >= 0.3 is 0 Å². The second-order valence-electron chi connectivity index (χ2n) is 9.66. The molecule has 8 heteroatoms. The number of ketones is 1. The van der Waals surface area contributed by atoms with E-state index in [2.05, 4.69) is 34.4 Å². The van der Waals surface area contributed by atoms with E-state index in [9.17, 15) is 15.0 Å². The largest absolute Gasteiger partial charge is 0.508 e. The summed E-state index contributed by atoms with van der Waals surface area (Å²) in [4.78, 5) is 17.9. The zero-order valence-electron chi connectivity index (χ0n) is 21.1. The lowest BCUT2D eigenvalue weighted by Crippen LogP contribution is -2.44. The van der Waals surface area contributed by atoms with Crippen LogP contribution in [0.3, 0.4) is 0 Å². The molecule has 1 aromatic heterocycles. The summed E-state index contributed by atoms with van der Waals surface area (Å²) in [6.45, 7) is 8.54. The van der Waals surface area contributed by atoms with Gasteiger partial charge in [-0.3, -0.25) is 4.79 Å². The minimum atomic E-state index is -0.405. The van der Waals surface area contributed by atoms with E-state index in [0.29, 0.717) is 0 Å². The van der Waals surface area contributed by atoms with E-state index in [1.165, 1.54) is 6.07 Å². The molecule has 190 valence electrons. The lowest BCUT2D eigenvalue weighted by molar-refractivity contribution is 0.101. The summed E-state index contributed by atoms with van der Waals surface area (Å²) < 4.78 is 13.5. The molecule has 2 aliphatic heterocycles. The molecule has 0 saturated carbocycles. The van der Waals surface area contributed by atoms with Crippen LogP contribution >= 0.6 is 0 Å². The Morgan fingerprint density at radius 3 is 2.56 bits per heavy atom. The number of aromatic hydroxyl groups is 2. The molecular formula is C28H33N3O5. The van der Waals surface area contributed by atoms with E-state index >= 15 is 0 Å². The first-order valence-corrected chi connectivity index (χ1v) is 12.4. The first-order valence-electron chi connectivity index (χ1n) is 12.4. The van der Waals surface area contributed by atoms with Crippen LogP contribution in [0.2, 0.25) is 0 Å². The highest BCUT2D eigenvalue weighted by atomic mass is 16.5. The molecule has 0 spiro atoms. The zero-order valence-corrected chi connectivity index (χ0v) is 21.1. The van der Waals surface area contributed by atoms with Crippen LogP contribution in [0.5, 0.6) is 23.0 Å². The Labute approximate surface area is 210 Å². The lowest BCUT2D eigenvalue weighted by atomic mass is 10.1. The van der Waals surface area contributed by atoms with Gasteiger partial charge < -0.3 is 34.1 Å². The molecule has 2 N–H and O–H groups in total. The number of phenols is 2. The molecule has 0 atom stereocenters. The minimum Gasteiger partial charge on any atom is -0.508 e. The number of fused-ring (bicyclic) bond motifs is 2. The number of aryl methyl sites for hydroxylation is 1. The number of benzene rings is 2. The molecule has 8 nitrogen and oxygen atoms in total. The summed E-state index contributed by atoms with van der Waals surface area (Å²) in [6, 6.07) is 8.47. The van der Waals surface area contributed by atoms with Crippen molar-refractivity contribution in [1.29, 1.82) is 0 Å². The number of allylic oxidation sites excluding steroid dienone is 1. The first-order chi connectivity index (χ1) is 17.4. The van der Waals surface area contributed by atoms with Gasteiger partial charge in [-0.1, -0.05) is 0 Å². The smallest absolute Gasteiger partial charge is 0.235 e. The number of rotatable bonds is 7. The van der Waals surface area contributed by atoms with E-state index in [4.69, 9.17) is 9.47 Å². The fourth-order valence-electron chi connectivity index (χ4n) is 5.17. The Bertz CT molecular complexity index is 1330. The van der Waals surface area contributed by atoms with Crippen molar-refractivity contribution in [3.63, 3.8) is 0 Å². The first kappa shape index (κ1) is 24.2. The molecular weight excluding hydrogens is 458 g/mol. The highest BCUT2D eigenvalue weighted by Gasteiger charge is 2.32. The van der Waals surface area contributed by atoms with Gasteiger partial charge in [0.15, 0.2) is 5.76 Å². The maximum Gasteiger partial charge on any atom is 0.235 e. The van der Waals surface area contributed by atoms with Crippen LogP contribution in [0.15, 0.2) is 36.1 Å². The summed E-state index contributed by atoms with van der Waals surface area (Å²) >= 11 is 0. The van der Waals surface area contributed by atoms with E-state index in [0.717, 1.165) is 86.1 Å². The fraction of sp³-hybridized carbons (Fsp3) is 0.393. The number of piperazine rings is 1. The van der Waals surface area contributed by atoms with Crippen molar-refractivity contribution < 1.29 is 24.5 Å². The average Bonchev–Trinajstić information content (AvgIpc) is 3.31. The molecule has 2 aliphatic rings. The number of phenolic OH excluding ortho intramolecular Hbond substituents is 2. The van der Waals surface area contributed by atoms with Crippen molar-refractivity contribution in [2.75, 3.05) is 46.9 Å². The average molecular weight is 492 g/mol. The van der Waals surface area contributed by atoms with Crippen molar-refractivity contribution in [3.8, 4) is 23.0 Å². The summed E-state index contributed by atoms with van der Waals surface area (Å²) in [5.41, 5.74) is 3.05. The lowest BCUT2D eigenvalue weighted by Gasteiger charge is -2.32. The number of Topliss-reactive ketones (excluding diaryl/α,β-unsaturated/α-hetero) is 1. The van der Waals surface area contributed by atoms with Crippen molar-refractivity contribution >= 4 is 22.8 Å². The van der Waals surface area contributed by atoms with Crippen LogP contribution in [-0.4, -0.2) is 77.2 Å². The Morgan fingerprint density at radius 2 is 1.81 bits per heavy atom. The number of carbonyl (C=O) groups is 1. The summed E-state index contributed by atoms with van der Waals surface area (Å²) in [7, 11) is 3.81. The predicted octanol–water partition coefficient (Wildman–Crippen LogP) is 4.01. The second kappa shape index (κ2) is 9.87. The van der Waals surface area contributed by atoms with E-state index in [1.54, 1.807) is 13.2 Å². The number of nitrogens with zero attached hydrogens (tertiary/aromatic N) is 3. The molecule has 5 rings (SSSR count). The number of aromatic nitrogens is 1. The molecule has 36 heavy (non-hydrogen) atoms. The molecule has 1 fully saturated rings. The monoisotopic (exact) mass is 491 g/mol. The summed E-state index contributed by atoms with van der Waals surface area (Å²) in [5.74, 6) is 0.156. The Morgan fingerprint density at radius 1 is 1.06 bits per heavy atom. The Kier molecular flexibility index (Phi) is 6.64. The summed E-state index contributed by atoms with van der Waals surface area (Å²) in [6.07, 6.45) is 3.90. The van der Waals surface area contributed by atoms with Crippen LogP contribution in [0.4, 0.5) is 0 Å². The molecule has 3 heterocycles.